The van der Waals surface area contributed by atoms with Crippen LogP contribution in [0.2, 0.25) is 0 Å². The van der Waals surface area contributed by atoms with Crippen LogP contribution >= 0.6 is 0 Å². The van der Waals surface area contributed by atoms with Gasteiger partial charge in [-0.3, -0.25) is 4.98 Å². The largest absolute Gasteiger partial charge is 0.382 e. The molecule has 1 aromatic heterocycles. The minimum absolute atomic E-state index is 0.0169. The van der Waals surface area contributed by atoms with Gasteiger partial charge in [0.1, 0.15) is 0 Å². The van der Waals surface area contributed by atoms with E-state index in [1.54, 1.807) is 19.5 Å². The van der Waals surface area contributed by atoms with E-state index in [1.807, 2.05) is 19.1 Å². The van der Waals surface area contributed by atoms with Crippen LogP contribution in [0, 0.1) is 0 Å². The van der Waals surface area contributed by atoms with Gasteiger partial charge in [-0.1, -0.05) is 6.92 Å². The molecule has 0 radical (unpaired) electrons. The SMILES string of the molecule is CCC(N)C(OC(C)COC)c1ccncc1. The van der Waals surface area contributed by atoms with Crippen molar-refractivity contribution in [3.05, 3.63) is 30.1 Å². The third-order valence-corrected chi connectivity index (χ3v) is 2.68. The van der Waals surface area contributed by atoms with Gasteiger partial charge in [-0.05, 0) is 31.0 Å². The Hall–Kier alpha value is -0.970. The monoisotopic (exact) mass is 238 g/mol. The third-order valence-electron chi connectivity index (χ3n) is 2.68. The average molecular weight is 238 g/mol. The summed E-state index contributed by atoms with van der Waals surface area (Å²) in [6.45, 7) is 4.61. The molecule has 3 unspecified atom stereocenters. The number of rotatable bonds is 7. The summed E-state index contributed by atoms with van der Waals surface area (Å²) in [5.41, 5.74) is 7.17. The molecule has 0 aliphatic rings. The number of nitrogens with zero attached hydrogens (tertiary/aromatic N) is 1. The Balaban J connectivity index is 2.74. The number of aromatic nitrogens is 1. The van der Waals surface area contributed by atoms with E-state index in [2.05, 4.69) is 11.9 Å². The summed E-state index contributed by atoms with van der Waals surface area (Å²) in [5, 5.41) is 0. The Kier molecular flexibility index (Phi) is 6.11. The maximum absolute atomic E-state index is 6.11. The highest BCUT2D eigenvalue weighted by Crippen LogP contribution is 2.23. The van der Waals surface area contributed by atoms with Crippen molar-refractivity contribution in [2.45, 2.75) is 38.5 Å². The molecule has 96 valence electrons. The normalized spacial score (nSPS) is 16.5. The molecule has 0 bridgehead atoms. The number of nitrogens with two attached hydrogens (primary N) is 1. The molecule has 1 aromatic rings. The summed E-state index contributed by atoms with van der Waals surface area (Å²) in [6, 6.07) is 3.87. The lowest BCUT2D eigenvalue weighted by atomic mass is 10.0. The van der Waals surface area contributed by atoms with Crippen LogP contribution in [-0.2, 0) is 9.47 Å². The maximum atomic E-state index is 6.11. The molecule has 0 saturated carbocycles. The highest BCUT2D eigenvalue weighted by Gasteiger charge is 2.21. The van der Waals surface area contributed by atoms with Gasteiger partial charge in [0.15, 0.2) is 0 Å². The van der Waals surface area contributed by atoms with Gasteiger partial charge in [0, 0.05) is 25.5 Å². The molecule has 4 heteroatoms. The predicted molar refractivity (Wildman–Crippen MR) is 67.7 cm³/mol. The zero-order chi connectivity index (χ0) is 12.7. The van der Waals surface area contributed by atoms with Crippen LogP contribution in [0.3, 0.4) is 0 Å². The van der Waals surface area contributed by atoms with E-state index in [0.717, 1.165) is 12.0 Å². The quantitative estimate of drug-likeness (QED) is 0.788. The van der Waals surface area contributed by atoms with Crippen molar-refractivity contribution in [1.82, 2.24) is 4.98 Å². The van der Waals surface area contributed by atoms with Crippen molar-refractivity contribution >= 4 is 0 Å². The van der Waals surface area contributed by atoms with Crippen molar-refractivity contribution in [2.24, 2.45) is 5.73 Å². The summed E-state index contributed by atoms with van der Waals surface area (Å²) in [4.78, 5) is 4.01. The van der Waals surface area contributed by atoms with Gasteiger partial charge < -0.3 is 15.2 Å². The van der Waals surface area contributed by atoms with E-state index in [-0.39, 0.29) is 18.2 Å². The Labute approximate surface area is 103 Å². The second kappa shape index (κ2) is 7.37. The topological polar surface area (TPSA) is 57.4 Å². The van der Waals surface area contributed by atoms with Gasteiger partial charge in [0.2, 0.25) is 0 Å². The molecule has 0 amide bonds. The molecule has 3 atom stereocenters. The highest BCUT2D eigenvalue weighted by atomic mass is 16.5. The second-order valence-corrected chi connectivity index (χ2v) is 4.18. The van der Waals surface area contributed by atoms with Crippen molar-refractivity contribution in [1.29, 1.82) is 0 Å². The summed E-state index contributed by atoms with van der Waals surface area (Å²) in [6.07, 6.45) is 4.31. The molecule has 2 N–H and O–H groups in total. The van der Waals surface area contributed by atoms with Crippen LogP contribution in [0.15, 0.2) is 24.5 Å². The predicted octanol–water partition coefficient (Wildman–Crippen LogP) is 1.91. The Morgan fingerprint density at radius 1 is 1.35 bits per heavy atom. The Morgan fingerprint density at radius 3 is 2.53 bits per heavy atom. The smallest absolute Gasteiger partial charge is 0.0981 e. The standard InChI is InChI=1S/C13H22N2O2/c1-4-12(14)13(17-10(2)9-16-3)11-5-7-15-8-6-11/h5-8,10,12-13H,4,9,14H2,1-3H3. The molecule has 0 fully saturated rings. The van der Waals surface area contributed by atoms with Crippen LogP contribution in [0.4, 0.5) is 0 Å². The lowest BCUT2D eigenvalue weighted by Crippen LogP contribution is -2.32. The van der Waals surface area contributed by atoms with Gasteiger partial charge in [-0.25, -0.2) is 0 Å². The van der Waals surface area contributed by atoms with E-state index in [4.69, 9.17) is 15.2 Å². The molecule has 0 aromatic carbocycles. The lowest BCUT2D eigenvalue weighted by Gasteiger charge is -2.27. The number of hydrogen-bond acceptors (Lipinski definition) is 4. The Bertz CT molecular complexity index is 306. The fourth-order valence-electron chi connectivity index (χ4n) is 1.72. The summed E-state index contributed by atoms with van der Waals surface area (Å²) in [5.74, 6) is 0. The first-order valence-electron chi connectivity index (χ1n) is 5.99. The lowest BCUT2D eigenvalue weighted by molar-refractivity contribution is -0.0507. The molecule has 0 aliphatic heterocycles. The van der Waals surface area contributed by atoms with Gasteiger partial charge in [-0.2, -0.15) is 0 Å². The second-order valence-electron chi connectivity index (χ2n) is 4.18. The van der Waals surface area contributed by atoms with Crippen molar-refractivity contribution < 1.29 is 9.47 Å². The van der Waals surface area contributed by atoms with E-state index in [0.29, 0.717) is 6.61 Å². The average Bonchev–Trinajstić information content (AvgIpc) is 2.36. The number of hydrogen-bond donors (Lipinski definition) is 1. The number of pyridine rings is 1. The number of ether oxygens (including phenoxy) is 2. The summed E-state index contributed by atoms with van der Waals surface area (Å²) in [7, 11) is 1.67. The van der Waals surface area contributed by atoms with Gasteiger partial charge in [0.25, 0.3) is 0 Å². The van der Waals surface area contributed by atoms with E-state index < -0.39 is 0 Å². The van der Waals surface area contributed by atoms with E-state index in [9.17, 15) is 0 Å². The Morgan fingerprint density at radius 2 is 2.00 bits per heavy atom. The van der Waals surface area contributed by atoms with Crippen LogP contribution in [0.1, 0.15) is 31.9 Å². The zero-order valence-electron chi connectivity index (χ0n) is 10.8. The van der Waals surface area contributed by atoms with Crippen LogP contribution in [0.5, 0.6) is 0 Å². The van der Waals surface area contributed by atoms with E-state index >= 15 is 0 Å². The van der Waals surface area contributed by atoms with Gasteiger partial charge in [0.05, 0.1) is 18.8 Å². The van der Waals surface area contributed by atoms with Crippen molar-refractivity contribution in [3.63, 3.8) is 0 Å². The van der Waals surface area contributed by atoms with Crippen molar-refractivity contribution in [3.8, 4) is 0 Å². The van der Waals surface area contributed by atoms with Gasteiger partial charge in [-0.15, -0.1) is 0 Å². The fourth-order valence-corrected chi connectivity index (χ4v) is 1.72. The van der Waals surface area contributed by atoms with Crippen LogP contribution in [-0.4, -0.2) is 30.8 Å². The highest BCUT2D eigenvalue weighted by molar-refractivity contribution is 5.15. The molecule has 0 spiro atoms. The molecule has 1 rings (SSSR count). The zero-order valence-corrected chi connectivity index (χ0v) is 10.8. The molecule has 1 heterocycles. The van der Waals surface area contributed by atoms with Gasteiger partial charge >= 0.3 is 0 Å². The molecular formula is C13H22N2O2. The molecular weight excluding hydrogens is 216 g/mol. The number of methoxy groups -OCH3 is 1. The first kappa shape index (κ1) is 14.1. The molecule has 17 heavy (non-hydrogen) atoms. The summed E-state index contributed by atoms with van der Waals surface area (Å²) < 4.78 is 11.0. The minimum atomic E-state index is -0.104. The fraction of sp³-hybridized carbons (Fsp3) is 0.615. The molecule has 0 saturated heterocycles. The van der Waals surface area contributed by atoms with Crippen LogP contribution < -0.4 is 5.73 Å². The first-order valence-corrected chi connectivity index (χ1v) is 5.99. The first-order chi connectivity index (χ1) is 8.19. The van der Waals surface area contributed by atoms with Crippen LogP contribution in [0.25, 0.3) is 0 Å². The van der Waals surface area contributed by atoms with Crippen molar-refractivity contribution in [2.75, 3.05) is 13.7 Å². The summed E-state index contributed by atoms with van der Waals surface area (Å²) >= 11 is 0. The maximum Gasteiger partial charge on any atom is 0.0981 e. The molecule has 0 aliphatic carbocycles. The van der Waals surface area contributed by atoms with E-state index in [1.165, 1.54) is 0 Å². The molecule has 4 nitrogen and oxygen atoms in total. The third kappa shape index (κ3) is 4.42. The minimum Gasteiger partial charge on any atom is -0.382 e.